The monoisotopic (exact) mass is 404 g/mol. The Morgan fingerprint density at radius 3 is 2.36 bits per heavy atom. The standard InChI is InChI=1S/C21H25BrO3/c1-13-10-15(22)11-14(2)20(13)21(23)18-8-9-19(25-12-24-3)17-7-5-4-6-16(17)18/h8-11,21,23H,4-7,12H2,1-3H3. The van der Waals surface area contributed by atoms with E-state index in [0.717, 1.165) is 58.2 Å². The number of aliphatic hydroxyl groups excluding tert-OH is 1. The summed E-state index contributed by atoms with van der Waals surface area (Å²) in [7, 11) is 1.63. The van der Waals surface area contributed by atoms with Gasteiger partial charge in [-0.3, -0.25) is 0 Å². The molecule has 1 aliphatic carbocycles. The van der Waals surface area contributed by atoms with Crippen LogP contribution in [-0.4, -0.2) is 19.0 Å². The predicted molar refractivity (Wildman–Crippen MR) is 103 cm³/mol. The minimum Gasteiger partial charge on any atom is -0.467 e. The van der Waals surface area contributed by atoms with Gasteiger partial charge in [0.25, 0.3) is 0 Å². The molecule has 0 saturated heterocycles. The van der Waals surface area contributed by atoms with Crippen molar-refractivity contribution in [2.24, 2.45) is 0 Å². The summed E-state index contributed by atoms with van der Waals surface area (Å²) < 4.78 is 11.8. The highest BCUT2D eigenvalue weighted by molar-refractivity contribution is 9.10. The van der Waals surface area contributed by atoms with Crippen molar-refractivity contribution < 1.29 is 14.6 Å². The predicted octanol–water partition coefficient (Wildman–Crippen LogP) is 5.01. The first-order valence-corrected chi connectivity index (χ1v) is 9.53. The molecule has 0 aliphatic heterocycles. The van der Waals surface area contributed by atoms with Crippen LogP contribution in [0.15, 0.2) is 28.7 Å². The molecule has 134 valence electrons. The number of methoxy groups -OCH3 is 1. The van der Waals surface area contributed by atoms with Gasteiger partial charge < -0.3 is 14.6 Å². The summed E-state index contributed by atoms with van der Waals surface area (Å²) in [6.07, 6.45) is 3.68. The molecule has 1 atom stereocenters. The van der Waals surface area contributed by atoms with Crippen LogP contribution in [-0.2, 0) is 17.6 Å². The lowest BCUT2D eigenvalue weighted by molar-refractivity contribution is 0.0502. The van der Waals surface area contributed by atoms with Gasteiger partial charge in [-0.15, -0.1) is 0 Å². The average molecular weight is 405 g/mol. The molecule has 4 heteroatoms. The second kappa shape index (κ2) is 7.90. The molecular weight excluding hydrogens is 380 g/mol. The van der Waals surface area contributed by atoms with Gasteiger partial charge in [-0.25, -0.2) is 0 Å². The Hall–Kier alpha value is -1.36. The van der Waals surface area contributed by atoms with E-state index in [1.54, 1.807) is 7.11 Å². The van der Waals surface area contributed by atoms with Crippen molar-refractivity contribution in [1.82, 2.24) is 0 Å². The summed E-state index contributed by atoms with van der Waals surface area (Å²) in [6.45, 7) is 4.36. The lowest BCUT2D eigenvalue weighted by Gasteiger charge is -2.26. The molecular formula is C21H25BrO3. The van der Waals surface area contributed by atoms with Gasteiger partial charge in [0, 0.05) is 11.6 Å². The van der Waals surface area contributed by atoms with Crippen LogP contribution in [0.1, 0.15) is 52.3 Å². The zero-order valence-corrected chi connectivity index (χ0v) is 16.6. The van der Waals surface area contributed by atoms with Crippen molar-refractivity contribution in [1.29, 1.82) is 0 Å². The fourth-order valence-corrected chi connectivity index (χ4v) is 4.57. The van der Waals surface area contributed by atoms with Gasteiger partial charge in [0.2, 0.25) is 0 Å². The van der Waals surface area contributed by atoms with Crippen LogP contribution >= 0.6 is 15.9 Å². The second-order valence-corrected chi connectivity index (χ2v) is 7.64. The van der Waals surface area contributed by atoms with Crippen LogP contribution in [0.5, 0.6) is 5.75 Å². The number of rotatable bonds is 5. The van der Waals surface area contributed by atoms with Gasteiger partial charge in [0.1, 0.15) is 11.9 Å². The van der Waals surface area contributed by atoms with E-state index in [2.05, 4.69) is 41.9 Å². The molecule has 0 saturated carbocycles. The van der Waals surface area contributed by atoms with E-state index in [0.29, 0.717) is 0 Å². The first-order valence-electron chi connectivity index (χ1n) is 8.74. The molecule has 0 spiro atoms. The summed E-state index contributed by atoms with van der Waals surface area (Å²) in [6, 6.07) is 8.12. The summed E-state index contributed by atoms with van der Waals surface area (Å²) in [5.41, 5.74) is 6.68. The van der Waals surface area contributed by atoms with Crippen molar-refractivity contribution in [3.05, 3.63) is 62.1 Å². The van der Waals surface area contributed by atoms with E-state index in [9.17, 15) is 5.11 Å². The molecule has 0 fully saturated rings. The van der Waals surface area contributed by atoms with E-state index < -0.39 is 6.10 Å². The fraction of sp³-hybridized carbons (Fsp3) is 0.429. The van der Waals surface area contributed by atoms with Gasteiger partial charge in [-0.1, -0.05) is 22.0 Å². The van der Waals surface area contributed by atoms with Crippen molar-refractivity contribution in [3.63, 3.8) is 0 Å². The quantitative estimate of drug-likeness (QED) is 0.711. The molecule has 0 aromatic heterocycles. The molecule has 0 bridgehead atoms. The normalized spacial score (nSPS) is 14.9. The second-order valence-electron chi connectivity index (χ2n) is 6.72. The lowest BCUT2D eigenvalue weighted by atomic mass is 9.83. The number of aryl methyl sites for hydroxylation is 2. The maximum atomic E-state index is 11.2. The number of hydrogen-bond donors (Lipinski definition) is 1. The molecule has 0 heterocycles. The van der Waals surface area contributed by atoms with Crippen molar-refractivity contribution in [2.75, 3.05) is 13.9 Å². The van der Waals surface area contributed by atoms with Crippen LogP contribution in [0.3, 0.4) is 0 Å². The van der Waals surface area contributed by atoms with E-state index in [1.807, 2.05) is 12.1 Å². The molecule has 2 aromatic carbocycles. The molecule has 1 unspecified atom stereocenters. The number of benzene rings is 2. The highest BCUT2D eigenvalue weighted by Gasteiger charge is 2.24. The van der Waals surface area contributed by atoms with Gasteiger partial charge in [-0.2, -0.15) is 0 Å². The molecule has 1 aliphatic rings. The Bertz CT molecular complexity index is 747. The van der Waals surface area contributed by atoms with Crippen molar-refractivity contribution in [3.8, 4) is 5.75 Å². The highest BCUT2D eigenvalue weighted by Crippen LogP contribution is 2.38. The molecule has 1 N–H and O–H groups in total. The highest BCUT2D eigenvalue weighted by atomic mass is 79.9. The summed E-state index contributed by atoms with van der Waals surface area (Å²) in [5.74, 6) is 0.886. The number of ether oxygens (including phenoxy) is 2. The van der Waals surface area contributed by atoms with Gasteiger partial charge in [-0.05, 0) is 91.1 Å². The Labute approximate surface area is 158 Å². The largest absolute Gasteiger partial charge is 0.467 e. The number of hydrogen-bond acceptors (Lipinski definition) is 3. The Balaban J connectivity index is 2.05. The van der Waals surface area contributed by atoms with Crippen molar-refractivity contribution >= 4 is 15.9 Å². The SMILES string of the molecule is COCOc1ccc(C(O)c2c(C)cc(Br)cc2C)c2c1CCCC2. The zero-order valence-electron chi connectivity index (χ0n) is 15.1. The minimum atomic E-state index is -0.614. The van der Waals surface area contributed by atoms with Gasteiger partial charge in [0.05, 0.1) is 0 Å². The van der Waals surface area contributed by atoms with E-state index in [4.69, 9.17) is 9.47 Å². The van der Waals surface area contributed by atoms with E-state index >= 15 is 0 Å². The fourth-order valence-electron chi connectivity index (χ4n) is 3.88. The Kier molecular flexibility index (Phi) is 5.82. The number of halogens is 1. The maximum absolute atomic E-state index is 11.2. The number of fused-ring (bicyclic) bond motifs is 1. The molecule has 2 aromatic rings. The third-order valence-corrected chi connectivity index (χ3v) is 5.44. The molecule has 3 nitrogen and oxygen atoms in total. The van der Waals surface area contributed by atoms with Crippen molar-refractivity contribution in [2.45, 2.75) is 45.6 Å². The Morgan fingerprint density at radius 1 is 1.08 bits per heavy atom. The Morgan fingerprint density at radius 2 is 1.72 bits per heavy atom. The average Bonchev–Trinajstić information content (AvgIpc) is 2.58. The van der Waals surface area contributed by atoms with Crippen LogP contribution in [0.25, 0.3) is 0 Å². The van der Waals surface area contributed by atoms with Gasteiger partial charge >= 0.3 is 0 Å². The van der Waals surface area contributed by atoms with E-state index in [-0.39, 0.29) is 6.79 Å². The molecule has 0 amide bonds. The van der Waals surface area contributed by atoms with Crippen LogP contribution in [0.2, 0.25) is 0 Å². The lowest BCUT2D eigenvalue weighted by Crippen LogP contribution is -2.14. The van der Waals surface area contributed by atoms with Crippen LogP contribution in [0.4, 0.5) is 0 Å². The molecule has 25 heavy (non-hydrogen) atoms. The third-order valence-electron chi connectivity index (χ3n) is 4.99. The number of aliphatic hydroxyl groups is 1. The van der Waals surface area contributed by atoms with Crippen LogP contribution < -0.4 is 4.74 Å². The first-order chi connectivity index (χ1) is 12.0. The zero-order chi connectivity index (χ0) is 18.0. The summed E-state index contributed by atoms with van der Waals surface area (Å²) in [5, 5.41) is 11.2. The smallest absolute Gasteiger partial charge is 0.188 e. The third kappa shape index (κ3) is 3.76. The van der Waals surface area contributed by atoms with Gasteiger partial charge in [0.15, 0.2) is 6.79 Å². The maximum Gasteiger partial charge on any atom is 0.188 e. The summed E-state index contributed by atoms with van der Waals surface area (Å²) >= 11 is 3.54. The summed E-state index contributed by atoms with van der Waals surface area (Å²) in [4.78, 5) is 0. The minimum absolute atomic E-state index is 0.249. The van der Waals surface area contributed by atoms with Crippen LogP contribution in [0, 0.1) is 13.8 Å². The van der Waals surface area contributed by atoms with E-state index in [1.165, 1.54) is 11.1 Å². The topological polar surface area (TPSA) is 38.7 Å². The first kappa shape index (κ1) is 18.4. The molecule has 3 rings (SSSR count). The molecule has 0 radical (unpaired) electrons.